The van der Waals surface area contributed by atoms with Crippen LogP contribution >= 0.6 is 0 Å². The van der Waals surface area contributed by atoms with Crippen molar-refractivity contribution in [1.29, 1.82) is 0 Å². The number of nitrogens with one attached hydrogen (secondary N) is 2. The fourth-order valence-electron chi connectivity index (χ4n) is 2.95. The van der Waals surface area contributed by atoms with E-state index >= 15 is 0 Å². The molecule has 6 nitrogen and oxygen atoms in total. The lowest BCUT2D eigenvalue weighted by Gasteiger charge is -2.18. The molecule has 1 saturated heterocycles. The molecule has 0 amide bonds. The molecule has 7 heteroatoms. The third kappa shape index (κ3) is 6.32. The Labute approximate surface area is 151 Å². The summed E-state index contributed by atoms with van der Waals surface area (Å²) < 4.78 is 23.1. The van der Waals surface area contributed by atoms with Crippen molar-refractivity contribution >= 4 is 15.8 Å². The Balaban J connectivity index is 1.83. The smallest absolute Gasteiger partial charge is 0.191 e. The summed E-state index contributed by atoms with van der Waals surface area (Å²) in [5.74, 6) is 1.10. The first-order chi connectivity index (χ1) is 12.0. The maximum atomic E-state index is 11.5. The van der Waals surface area contributed by atoms with Gasteiger partial charge in [0.1, 0.15) is 0 Å². The van der Waals surface area contributed by atoms with Gasteiger partial charge in [0.05, 0.1) is 11.5 Å². The van der Waals surface area contributed by atoms with Crippen LogP contribution in [-0.2, 0) is 22.9 Å². The number of aliphatic imine (C=N–C) groups is 1. The van der Waals surface area contributed by atoms with Crippen LogP contribution in [0.25, 0.3) is 0 Å². The standard InChI is InChI=1S/C18H30N4O2S/c1-4-22(5-2)13-16-8-6-15(7-9-16)12-20-18(19-3)21-17-10-11-25(23,24)14-17/h6-9,17H,4-5,10-14H2,1-3H3,(H2,19,20,21). The summed E-state index contributed by atoms with van der Waals surface area (Å²) in [7, 11) is -1.18. The Bertz CT molecular complexity index is 667. The molecule has 2 N–H and O–H groups in total. The molecular formula is C18H30N4O2S. The molecule has 0 spiro atoms. The van der Waals surface area contributed by atoms with Crippen molar-refractivity contribution in [2.24, 2.45) is 4.99 Å². The Morgan fingerprint density at radius 2 is 1.84 bits per heavy atom. The van der Waals surface area contributed by atoms with Gasteiger partial charge in [-0.3, -0.25) is 9.89 Å². The van der Waals surface area contributed by atoms with Gasteiger partial charge < -0.3 is 10.6 Å². The predicted molar refractivity (Wildman–Crippen MR) is 103 cm³/mol. The molecule has 0 radical (unpaired) electrons. The second-order valence-electron chi connectivity index (χ2n) is 6.45. The zero-order chi connectivity index (χ0) is 18.3. The molecule has 1 aromatic carbocycles. The fraction of sp³-hybridized carbons (Fsp3) is 0.611. The van der Waals surface area contributed by atoms with Crippen LogP contribution < -0.4 is 10.6 Å². The third-order valence-corrected chi connectivity index (χ3v) is 6.35. The molecule has 1 aliphatic heterocycles. The molecule has 0 saturated carbocycles. The Morgan fingerprint density at radius 1 is 1.20 bits per heavy atom. The topological polar surface area (TPSA) is 73.8 Å². The SMILES string of the molecule is CCN(CC)Cc1ccc(CNC(=NC)NC2CCS(=O)(=O)C2)cc1. The van der Waals surface area contributed by atoms with Gasteiger partial charge in [-0.15, -0.1) is 0 Å². The molecule has 0 bridgehead atoms. The Kier molecular flexibility index (Phi) is 7.25. The van der Waals surface area contributed by atoms with Crippen molar-refractivity contribution in [3.8, 4) is 0 Å². The van der Waals surface area contributed by atoms with Crippen LogP contribution in [0.3, 0.4) is 0 Å². The van der Waals surface area contributed by atoms with Gasteiger partial charge in [-0.1, -0.05) is 38.1 Å². The van der Waals surface area contributed by atoms with Crippen molar-refractivity contribution in [3.05, 3.63) is 35.4 Å². The fourth-order valence-corrected chi connectivity index (χ4v) is 4.62. The molecule has 1 aliphatic rings. The summed E-state index contributed by atoms with van der Waals surface area (Å²) in [6.45, 7) is 8.09. The highest BCUT2D eigenvalue weighted by atomic mass is 32.2. The molecule has 0 aliphatic carbocycles. The van der Waals surface area contributed by atoms with Gasteiger partial charge in [-0.05, 0) is 30.6 Å². The second kappa shape index (κ2) is 9.20. The Morgan fingerprint density at radius 3 is 2.36 bits per heavy atom. The monoisotopic (exact) mass is 366 g/mol. The quantitative estimate of drug-likeness (QED) is 0.563. The summed E-state index contributed by atoms with van der Waals surface area (Å²) in [6.07, 6.45) is 0.642. The van der Waals surface area contributed by atoms with Gasteiger partial charge in [-0.25, -0.2) is 8.42 Å². The highest BCUT2D eigenvalue weighted by molar-refractivity contribution is 7.91. The summed E-state index contributed by atoms with van der Waals surface area (Å²) in [6, 6.07) is 8.52. The van der Waals surface area contributed by atoms with E-state index in [0.29, 0.717) is 18.9 Å². The number of sulfone groups is 1. The van der Waals surface area contributed by atoms with Crippen molar-refractivity contribution in [1.82, 2.24) is 15.5 Å². The van der Waals surface area contributed by atoms with Crippen molar-refractivity contribution in [2.45, 2.75) is 39.4 Å². The molecule has 1 unspecified atom stereocenters. The van der Waals surface area contributed by atoms with E-state index in [2.05, 4.69) is 58.6 Å². The summed E-state index contributed by atoms with van der Waals surface area (Å²) in [5.41, 5.74) is 2.48. The summed E-state index contributed by atoms with van der Waals surface area (Å²) in [5, 5.41) is 6.45. The van der Waals surface area contributed by atoms with E-state index in [0.717, 1.165) is 19.6 Å². The molecule has 1 fully saturated rings. The van der Waals surface area contributed by atoms with Gasteiger partial charge in [0.15, 0.2) is 15.8 Å². The number of hydrogen-bond acceptors (Lipinski definition) is 4. The largest absolute Gasteiger partial charge is 0.353 e. The van der Waals surface area contributed by atoms with E-state index in [1.807, 2.05) is 0 Å². The average molecular weight is 367 g/mol. The van der Waals surface area contributed by atoms with Gasteiger partial charge in [0, 0.05) is 26.2 Å². The maximum Gasteiger partial charge on any atom is 0.191 e. The lowest BCUT2D eigenvalue weighted by molar-refractivity contribution is 0.296. The molecule has 1 heterocycles. The summed E-state index contributed by atoms with van der Waals surface area (Å²) >= 11 is 0. The lowest BCUT2D eigenvalue weighted by atomic mass is 10.1. The van der Waals surface area contributed by atoms with Crippen molar-refractivity contribution in [2.75, 3.05) is 31.6 Å². The number of rotatable bonds is 7. The van der Waals surface area contributed by atoms with Gasteiger partial charge >= 0.3 is 0 Å². The number of benzene rings is 1. The molecule has 0 aromatic heterocycles. The highest BCUT2D eigenvalue weighted by Crippen LogP contribution is 2.11. The van der Waals surface area contributed by atoms with E-state index in [1.54, 1.807) is 7.05 Å². The normalized spacial score (nSPS) is 20.0. The van der Waals surface area contributed by atoms with Crippen LogP contribution in [0.1, 0.15) is 31.4 Å². The van der Waals surface area contributed by atoms with E-state index in [4.69, 9.17) is 0 Å². The van der Waals surface area contributed by atoms with Gasteiger partial charge in [0.2, 0.25) is 0 Å². The minimum absolute atomic E-state index is 0.0485. The van der Waals surface area contributed by atoms with E-state index in [1.165, 1.54) is 11.1 Å². The zero-order valence-electron chi connectivity index (χ0n) is 15.5. The zero-order valence-corrected chi connectivity index (χ0v) is 16.3. The van der Waals surface area contributed by atoms with Crippen LogP contribution in [0.5, 0.6) is 0 Å². The third-order valence-electron chi connectivity index (χ3n) is 4.58. The minimum Gasteiger partial charge on any atom is -0.353 e. The van der Waals surface area contributed by atoms with E-state index < -0.39 is 9.84 Å². The lowest BCUT2D eigenvalue weighted by Crippen LogP contribution is -2.43. The molecular weight excluding hydrogens is 336 g/mol. The van der Waals surface area contributed by atoms with Crippen LogP contribution in [-0.4, -0.2) is 57.0 Å². The van der Waals surface area contributed by atoms with Crippen LogP contribution in [0.15, 0.2) is 29.3 Å². The van der Waals surface area contributed by atoms with Gasteiger partial charge in [-0.2, -0.15) is 0 Å². The first-order valence-electron chi connectivity index (χ1n) is 8.93. The number of hydrogen-bond donors (Lipinski definition) is 2. The molecule has 140 valence electrons. The predicted octanol–water partition coefficient (Wildman–Crippen LogP) is 1.38. The molecule has 1 aromatic rings. The summed E-state index contributed by atoms with van der Waals surface area (Å²) in [4.78, 5) is 6.57. The van der Waals surface area contributed by atoms with E-state index in [-0.39, 0.29) is 17.5 Å². The molecule has 2 rings (SSSR count). The average Bonchev–Trinajstić information content (AvgIpc) is 2.96. The number of guanidine groups is 1. The maximum absolute atomic E-state index is 11.5. The van der Waals surface area contributed by atoms with Crippen molar-refractivity contribution < 1.29 is 8.42 Å². The Hall–Kier alpha value is -1.60. The minimum atomic E-state index is -2.88. The first kappa shape index (κ1) is 19.7. The molecule has 1 atom stereocenters. The van der Waals surface area contributed by atoms with Crippen LogP contribution in [0, 0.1) is 0 Å². The number of nitrogens with zero attached hydrogens (tertiary/aromatic N) is 2. The first-order valence-corrected chi connectivity index (χ1v) is 10.8. The van der Waals surface area contributed by atoms with Crippen LogP contribution in [0.4, 0.5) is 0 Å². The highest BCUT2D eigenvalue weighted by Gasteiger charge is 2.28. The molecule has 25 heavy (non-hydrogen) atoms. The second-order valence-corrected chi connectivity index (χ2v) is 8.68. The van der Waals surface area contributed by atoms with Gasteiger partial charge in [0.25, 0.3) is 0 Å². The van der Waals surface area contributed by atoms with Crippen LogP contribution in [0.2, 0.25) is 0 Å². The van der Waals surface area contributed by atoms with Crippen molar-refractivity contribution in [3.63, 3.8) is 0 Å². The van der Waals surface area contributed by atoms with E-state index in [9.17, 15) is 8.42 Å².